The topological polar surface area (TPSA) is 194 Å². The maximum atomic E-state index is 15.8. The fourth-order valence-electron chi connectivity index (χ4n) is 21.7. The van der Waals surface area contributed by atoms with Gasteiger partial charge in [-0.3, -0.25) is 0 Å². The zero-order valence-electron chi connectivity index (χ0n) is 42.6. The zero-order valence-corrected chi connectivity index (χ0v) is 44.2. The van der Waals surface area contributed by atoms with E-state index in [1.165, 1.54) is 11.1 Å². The summed E-state index contributed by atoms with van der Waals surface area (Å²) >= 11 is 0. The molecule has 3 saturated heterocycles. The minimum atomic E-state index is -2.61. The van der Waals surface area contributed by atoms with Crippen LogP contribution >= 0.6 is 21.6 Å². The summed E-state index contributed by atoms with van der Waals surface area (Å²) in [6.45, 7) is -0.459. The lowest BCUT2D eigenvalue weighted by Crippen LogP contribution is -2.81. The summed E-state index contributed by atoms with van der Waals surface area (Å²) in [7, 11) is 5.80. The van der Waals surface area contributed by atoms with E-state index in [2.05, 4.69) is 34.6 Å². The minimum absolute atomic E-state index is 0.0739. The lowest BCUT2D eigenvalue weighted by molar-refractivity contribution is -0.400. The molecule has 8 aliphatic carbocycles. The highest BCUT2D eigenvalue weighted by Gasteiger charge is 2.87. The Morgan fingerprint density at radius 3 is 2.47 bits per heavy atom. The van der Waals surface area contributed by atoms with Crippen LogP contribution in [-0.2, 0) is 26.3 Å². The van der Waals surface area contributed by atoms with E-state index in [1.807, 2.05) is 71.1 Å². The number of phenols is 1. The number of aromatic hydroxyl groups is 1. The van der Waals surface area contributed by atoms with Crippen LogP contribution in [0, 0.1) is 57.7 Å². The molecule has 12 nitrogen and oxygen atoms in total. The summed E-state index contributed by atoms with van der Waals surface area (Å²) in [5.41, 5.74) is -1.35. The number of hydrogen-bond acceptors (Lipinski definition) is 13. The van der Waals surface area contributed by atoms with E-state index in [0.717, 1.165) is 97.3 Å². The fourth-order valence-corrected chi connectivity index (χ4v) is 24.5. The Hall–Kier alpha value is -3.41. The molecule has 10 fully saturated rings. The van der Waals surface area contributed by atoms with Crippen molar-refractivity contribution in [2.24, 2.45) is 57.7 Å². The molecule has 12 aliphatic rings. The van der Waals surface area contributed by atoms with Gasteiger partial charge in [-0.05, 0) is 182 Å². The maximum absolute atomic E-state index is 15.8. The predicted molar refractivity (Wildman–Crippen MR) is 287 cm³/mol. The predicted octanol–water partition coefficient (Wildman–Crippen LogP) is 8.73. The number of aliphatic hydroxyl groups excluding tert-OH is 3. The second kappa shape index (κ2) is 16.1. The number of aromatic amines is 1. The van der Waals surface area contributed by atoms with Gasteiger partial charge in [0.2, 0.25) is 5.79 Å². The zero-order chi connectivity index (χ0) is 50.8. The van der Waals surface area contributed by atoms with Crippen molar-refractivity contribution in [2.75, 3.05) is 18.6 Å². The Morgan fingerprint density at radius 1 is 0.853 bits per heavy atom. The molecular weight excluding hydrogens is 985 g/mol. The van der Waals surface area contributed by atoms with Crippen molar-refractivity contribution >= 4 is 60.0 Å². The molecule has 4 aliphatic heterocycles. The van der Waals surface area contributed by atoms with Crippen molar-refractivity contribution in [2.45, 2.75) is 156 Å². The Labute approximate surface area is 444 Å². The standard InChI is InChI=1S/C61H70N2O10S2/c1-62-46-29-75-74-28-41-36-12-9-33-22-34-15-20-58(59(34,48(33)36)42-13-11-35(65)24-38(41)42)51(66)40(46)25-39-43-26-57(19-6-18-56(57)16-4-5-17-56)55(68)61(70)60(43,69)53(72-52(39)58)50(73-61)54(67)71-49-45(27-64)63-44-14-10-32-21-30-7-2-3-8-31(30)23-37(32)47(44)49/h2-3,7-8,10-11,13-14,21,23-24,33-34,36,39-41,43,46,48,50-53,55,62-66,68-70H,4-6,9,12,15-20,22,25-29H2,1H3. The van der Waals surface area contributed by atoms with Crippen LogP contribution in [0.25, 0.3) is 32.4 Å². The molecule has 1 aromatic heterocycles. The van der Waals surface area contributed by atoms with E-state index in [1.54, 1.807) is 0 Å². The molecule has 4 bridgehead atoms. The van der Waals surface area contributed by atoms with E-state index in [0.29, 0.717) is 54.1 Å². The SMILES string of the molecule is CNC1CSSCC2c3cc(O)ccc3C34C(CCC35C(O)C1CC1C3CC6(CCCC67CCCC7)C(O)C6(O)OC(C(=O)Oc7c(CO)[nH]c8ccc9cc%10ccccc%10cc9c78)C(OC15)C36O)CC1CCC2C14. The normalized spacial score (nSPS) is 45.5. The van der Waals surface area contributed by atoms with E-state index >= 15 is 4.79 Å². The molecule has 396 valence electrons. The van der Waals surface area contributed by atoms with Crippen molar-refractivity contribution < 1.29 is 49.6 Å². The Balaban J connectivity index is 0.911. The Bertz CT molecular complexity index is 3210. The number of rotatable bonds is 4. The van der Waals surface area contributed by atoms with Gasteiger partial charge in [0.1, 0.15) is 18.0 Å². The molecule has 5 aromatic rings. The molecule has 0 amide bonds. The van der Waals surface area contributed by atoms with Gasteiger partial charge in [0, 0.05) is 45.6 Å². The van der Waals surface area contributed by atoms with Gasteiger partial charge >= 0.3 is 5.97 Å². The van der Waals surface area contributed by atoms with Crippen molar-refractivity contribution in [1.29, 1.82) is 0 Å². The third-order valence-electron chi connectivity index (χ3n) is 24.1. The third-order valence-corrected chi connectivity index (χ3v) is 26.6. The second-order valence-corrected chi connectivity index (χ2v) is 28.5. The molecule has 75 heavy (non-hydrogen) atoms. The van der Waals surface area contributed by atoms with Crippen molar-refractivity contribution in [3.8, 4) is 11.5 Å². The number of carbonyl (C=O) groups excluding carboxylic acids is 1. The number of aromatic nitrogens is 1. The molecule has 4 spiro atoms. The monoisotopic (exact) mass is 1050 g/mol. The summed E-state index contributed by atoms with van der Waals surface area (Å²) in [4.78, 5) is 19.1. The molecule has 19 unspecified atom stereocenters. The highest BCUT2D eigenvalue weighted by molar-refractivity contribution is 8.76. The smallest absolute Gasteiger partial charge is 0.343 e. The second-order valence-electron chi connectivity index (χ2n) is 25.9. The van der Waals surface area contributed by atoms with Gasteiger partial charge < -0.3 is 55.2 Å². The fraction of sp³-hybridized carbons (Fsp3) is 0.623. The molecular formula is C61H70N2O10S2. The van der Waals surface area contributed by atoms with Crippen LogP contribution in [0.4, 0.5) is 0 Å². The van der Waals surface area contributed by atoms with Gasteiger partial charge in [-0.15, -0.1) is 0 Å². The van der Waals surface area contributed by atoms with Gasteiger partial charge in [-0.2, -0.15) is 0 Å². The van der Waals surface area contributed by atoms with Crippen LogP contribution in [0.15, 0.2) is 66.7 Å². The lowest BCUT2D eigenvalue weighted by Gasteiger charge is -2.70. The minimum Gasteiger partial charge on any atom is -0.508 e. The van der Waals surface area contributed by atoms with E-state index < -0.39 is 76.6 Å². The number of nitrogens with one attached hydrogen (secondary N) is 2. The largest absolute Gasteiger partial charge is 0.508 e. The first-order chi connectivity index (χ1) is 36.4. The number of phenolic OH excluding ortho intramolecular Hbond substituents is 1. The molecule has 0 radical (unpaired) electrons. The van der Waals surface area contributed by atoms with Crippen molar-refractivity contribution in [1.82, 2.24) is 10.3 Å². The molecule has 19 atom stereocenters. The molecule has 8 N–H and O–H groups in total. The van der Waals surface area contributed by atoms with Crippen LogP contribution in [-0.4, -0.2) is 108 Å². The number of esters is 1. The number of carbonyl (C=O) groups is 1. The van der Waals surface area contributed by atoms with E-state index in [-0.39, 0.29) is 52.5 Å². The van der Waals surface area contributed by atoms with Crippen LogP contribution < -0.4 is 10.1 Å². The number of hydrogen-bond donors (Lipinski definition) is 8. The lowest BCUT2D eigenvalue weighted by atomic mass is 9.39. The number of ether oxygens (including phenoxy) is 3. The van der Waals surface area contributed by atoms with Crippen molar-refractivity contribution in [3.63, 3.8) is 0 Å². The van der Waals surface area contributed by atoms with E-state index in [4.69, 9.17) is 14.2 Å². The first kappa shape index (κ1) is 47.6. The average Bonchev–Trinajstić information content (AvgIpc) is 4.50. The summed E-state index contributed by atoms with van der Waals surface area (Å²) < 4.78 is 21.4. The van der Waals surface area contributed by atoms with Crippen molar-refractivity contribution in [3.05, 3.63) is 83.6 Å². The third kappa shape index (κ3) is 5.60. The van der Waals surface area contributed by atoms with Gasteiger partial charge in [0.15, 0.2) is 17.5 Å². The quantitative estimate of drug-likeness (QED) is 0.0485. The van der Waals surface area contributed by atoms with Crippen LogP contribution in [0.1, 0.15) is 113 Å². The van der Waals surface area contributed by atoms with Crippen LogP contribution in [0.3, 0.4) is 0 Å². The summed E-state index contributed by atoms with van der Waals surface area (Å²) in [6.07, 6.45) is 6.01. The molecule has 17 rings (SSSR count). The number of fused-ring (bicyclic) bond motifs is 11. The molecule has 7 saturated carbocycles. The molecule has 5 heterocycles. The number of aliphatic hydroxyl groups is 5. The molecule has 14 heteroatoms. The first-order valence-electron chi connectivity index (χ1n) is 28.6. The Morgan fingerprint density at radius 2 is 1.65 bits per heavy atom. The van der Waals surface area contributed by atoms with Gasteiger partial charge in [0.25, 0.3) is 0 Å². The Kier molecular flexibility index (Phi) is 10.2. The number of H-pyrrole nitrogens is 1. The summed E-state index contributed by atoms with van der Waals surface area (Å²) in [6, 6.07) is 22.2. The number of benzene rings is 4. The summed E-state index contributed by atoms with van der Waals surface area (Å²) in [5.74, 6) is -1.12. The van der Waals surface area contributed by atoms with Gasteiger partial charge in [0.05, 0.1) is 35.4 Å². The highest BCUT2D eigenvalue weighted by atomic mass is 33.1. The van der Waals surface area contributed by atoms with Crippen LogP contribution in [0.2, 0.25) is 0 Å². The van der Waals surface area contributed by atoms with E-state index in [9.17, 15) is 30.6 Å². The highest BCUT2D eigenvalue weighted by Crippen LogP contribution is 2.82. The van der Waals surface area contributed by atoms with Gasteiger partial charge in [-0.25, -0.2) is 4.79 Å². The first-order valence-corrected chi connectivity index (χ1v) is 31.0. The van der Waals surface area contributed by atoms with Crippen LogP contribution in [0.5, 0.6) is 11.5 Å². The molecule has 4 aromatic carbocycles. The average molecular weight is 1060 g/mol. The summed E-state index contributed by atoms with van der Waals surface area (Å²) in [5, 5.41) is 86.2. The maximum Gasteiger partial charge on any atom is 0.343 e. The van der Waals surface area contributed by atoms with Gasteiger partial charge in [-0.1, -0.05) is 77.2 Å².